The molecule has 0 bridgehead atoms. The van der Waals surface area contributed by atoms with Gasteiger partial charge in [-0.05, 0) is 18.8 Å². The van der Waals surface area contributed by atoms with Crippen molar-refractivity contribution in [3.8, 4) is 0 Å². The van der Waals surface area contributed by atoms with Gasteiger partial charge < -0.3 is 9.47 Å². The highest BCUT2D eigenvalue weighted by atomic mass is 16.5. The Morgan fingerprint density at radius 3 is 2.22 bits per heavy atom. The van der Waals surface area contributed by atoms with Crippen molar-refractivity contribution in [3.63, 3.8) is 0 Å². The van der Waals surface area contributed by atoms with Crippen LogP contribution in [-0.2, 0) is 19.1 Å². The number of ether oxygens (including phenoxy) is 2. The van der Waals surface area contributed by atoms with Gasteiger partial charge in [-0.25, -0.2) is 9.59 Å². The van der Waals surface area contributed by atoms with Crippen molar-refractivity contribution >= 4 is 11.9 Å². The Balaban J connectivity index is 3.72. The van der Waals surface area contributed by atoms with Gasteiger partial charge in [-0.1, -0.05) is 32.9 Å². The minimum atomic E-state index is -0.526. The summed E-state index contributed by atoms with van der Waals surface area (Å²) in [5.74, 6) is -0.771. The first-order valence-corrected chi connectivity index (χ1v) is 6.22. The Morgan fingerprint density at radius 2 is 1.67 bits per heavy atom. The zero-order valence-electron chi connectivity index (χ0n) is 11.3. The molecule has 18 heavy (non-hydrogen) atoms. The summed E-state index contributed by atoms with van der Waals surface area (Å²) in [6.45, 7) is 6.58. The molecule has 0 saturated heterocycles. The normalized spacial score (nSPS) is 11.3. The van der Waals surface area contributed by atoms with Crippen LogP contribution in [0.2, 0.25) is 0 Å². The maximum absolute atomic E-state index is 11.2. The molecule has 0 N–H and O–H groups in total. The molecular formula is C14H22O4. The monoisotopic (exact) mass is 254 g/mol. The van der Waals surface area contributed by atoms with Crippen molar-refractivity contribution < 1.29 is 19.1 Å². The van der Waals surface area contributed by atoms with Crippen molar-refractivity contribution in [2.75, 3.05) is 13.2 Å². The molecule has 0 radical (unpaired) electrons. The lowest BCUT2D eigenvalue weighted by atomic mass is 10.2. The summed E-state index contributed by atoms with van der Waals surface area (Å²) in [5, 5.41) is 0. The standard InChI is InChI=1S/C14H22O4/c1-4-5-6-7-10-17-13(15)8-9-14(16)18-11-12(2)3/h5-6,8-9,12H,4,7,10-11H2,1-3H3/b6-5-,9-8+. The highest BCUT2D eigenvalue weighted by molar-refractivity contribution is 5.91. The fourth-order valence-corrected chi connectivity index (χ4v) is 0.993. The van der Waals surface area contributed by atoms with E-state index in [2.05, 4.69) is 0 Å². The molecule has 0 atom stereocenters. The average molecular weight is 254 g/mol. The third-order valence-corrected chi connectivity index (χ3v) is 1.85. The van der Waals surface area contributed by atoms with Crippen molar-refractivity contribution in [1.29, 1.82) is 0 Å². The molecule has 0 saturated carbocycles. The molecule has 0 heterocycles. The summed E-state index contributed by atoms with van der Waals surface area (Å²) in [6, 6.07) is 0. The number of hydrogen-bond donors (Lipinski definition) is 0. The minimum absolute atomic E-state index is 0.277. The third kappa shape index (κ3) is 10.9. The van der Waals surface area contributed by atoms with Crippen LogP contribution in [0.1, 0.15) is 33.6 Å². The molecule has 0 aliphatic carbocycles. The second kappa shape index (κ2) is 10.6. The molecule has 0 amide bonds. The molecule has 0 rings (SSSR count). The maximum atomic E-state index is 11.2. The molecule has 0 spiro atoms. The first-order valence-electron chi connectivity index (χ1n) is 6.22. The zero-order chi connectivity index (χ0) is 13.8. The van der Waals surface area contributed by atoms with E-state index >= 15 is 0 Å². The van der Waals surface area contributed by atoms with E-state index in [-0.39, 0.29) is 5.92 Å². The van der Waals surface area contributed by atoms with Gasteiger partial charge in [0.05, 0.1) is 13.2 Å². The fourth-order valence-electron chi connectivity index (χ4n) is 0.993. The van der Waals surface area contributed by atoms with Crippen LogP contribution in [0.4, 0.5) is 0 Å². The number of allylic oxidation sites excluding steroid dienone is 1. The van der Waals surface area contributed by atoms with Crippen LogP contribution in [0.5, 0.6) is 0 Å². The maximum Gasteiger partial charge on any atom is 0.331 e. The number of rotatable bonds is 8. The van der Waals surface area contributed by atoms with Crippen LogP contribution < -0.4 is 0 Å². The second-order valence-electron chi connectivity index (χ2n) is 4.19. The summed E-state index contributed by atoms with van der Waals surface area (Å²) >= 11 is 0. The smallest absolute Gasteiger partial charge is 0.331 e. The van der Waals surface area contributed by atoms with Gasteiger partial charge in [-0.15, -0.1) is 0 Å². The molecule has 0 fully saturated rings. The molecule has 0 aromatic rings. The molecule has 0 aromatic carbocycles. The van der Waals surface area contributed by atoms with E-state index in [4.69, 9.17) is 9.47 Å². The van der Waals surface area contributed by atoms with Crippen LogP contribution in [-0.4, -0.2) is 25.2 Å². The van der Waals surface area contributed by atoms with Gasteiger partial charge >= 0.3 is 11.9 Å². The first kappa shape index (κ1) is 16.4. The van der Waals surface area contributed by atoms with E-state index < -0.39 is 11.9 Å². The van der Waals surface area contributed by atoms with Gasteiger partial charge in [-0.2, -0.15) is 0 Å². The highest BCUT2D eigenvalue weighted by Gasteiger charge is 2.01. The van der Waals surface area contributed by atoms with Crippen LogP contribution in [0, 0.1) is 5.92 Å². The van der Waals surface area contributed by atoms with E-state index in [1.807, 2.05) is 32.9 Å². The third-order valence-electron chi connectivity index (χ3n) is 1.85. The van der Waals surface area contributed by atoms with Gasteiger partial charge in [0.15, 0.2) is 0 Å². The van der Waals surface area contributed by atoms with Crippen LogP contribution in [0.25, 0.3) is 0 Å². The molecule has 102 valence electrons. The van der Waals surface area contributed by atoms with Crippen LogP contribution >= 0.6 is 0 Å². The zero-order valence-corrected chi connectivity index (χ0v) is 11.3. The largest absolute Gasteiger partial charge is 0.462 e. The van der Waals surface area contributed by atoms with Crippen LogP contribution in [0.3, 0.4) is 0 Å². The number of carbonyl (C=O) groups excluding carboxylic acids is 2. The Kier molecular flexibility index (Phi) is 9.64. The fraction of sp³-hybridized carbons (Fsp3) is 0.571. The number of carbonyl (C=O) groups is 2. The SMILES string of the molecule is CC/C=C\CCOC(=O)/C=C/C(=O)OCC(C)C. The number of esters is 2. The van der Waals surface area contributed by atoms with E-state index in [9.17, 15) is 9.59 Å². The summed E-state index contributed by atoms with van der Waals surface area (Å²) < 4.78 is 9.75. The van der Waals surface area contributed by atoms with Gasteiger partial charge in [-0.3, -0.25) is 0 Å². The molecule has 4 heteroatoms. The van der Waals surface area contributed by atoms with Gasteiger partial charge in [0.2, 0.25) is 0 Å². The Labute approximate surface area is 109 Å². The lowest BCUT2D eigenvalue weighted by molar-refractivity contribution is -0.141. The van der Waals surface area contributed by atoms with E-state index in [0.29, 0.717) is 19.6 Å². The lowest BCUT2D eigenvalue weighted by Crippen LogP contribution is -2.08. The minimum Gasteiger partial charge on any atom is -0.462 e. The molecule has 0 aliphatic heterocycles. The second-order valence-corrected chi connectivity index (χ2v) is 4.19. The molecule has 4 nitrogen and oxygen atoms in total. The van der Waals surface area contributed by atoms with E-state index in [1.165, 1.54) is 0 Å². The summed E-state index contributed by atoms with van der Waals surface area (Å²) in [6.07, 6.45) is 7.79. The quantitative estimate of drug-likeness (QED) is 0.289. The Bertz CT molecular complexity index is 303. The van der Waals surface area contributed by atoms with Crippen molar-refractivity contribution in [2.24, 2.45) is 5.92 Å². The Morgan fingerprint density at radius 1 is 1.06 bits per heavy atom. The summed E-state index contributed by atoms with van der Waals surface area (Å²) in [4.78, 5) is 22.3. The van der Waals surface area contributed by atoms with E-state index in [0.717, 1.165) is 18.6 Å². The number of hydrogen-bond acceptors (Lipinski definition) is 4. The molecule has 0 aromatic heterocycles. The van der Waals surface area contributed by atoms with Crippen LogP contribution in [0.15, 0.2) is 24.3 Å². The van der Waals surface area contributed by atoms with E-state index in [1.54, 1.807) is 0 Å². The van der Waals surface area contributed by atoms with Gasteiger partial charge in [0.25, 0.3) is 0 Å². The predicted molar refractivity (Wildman–Crippen MR) is 69.9 cm³/mol. The predicted octanol–water partition coefficient (Wildman–Crippen LogP) is 2.64. The Hall–Kier alpha value is -1.58. The first-order chi connectivity index (χ1) is 8.56. The van der Waals surface area contributed by atoms with Crippen molar-refractivity contribution in [3.05, 3.63) is 24.3 Å². The lowest BCUT2D eigenvalue weighted by Gasteiger charge is -2.03. The topological polar surface area (TPSA) is 52.6 Å². The van der Waals surface area contributed by atoms with Crippen molar-refractivity contribution in [1.82, 2.24) is 0 Å². The average Bonchev–Trinajstić information content (AvgIpc) is 2.33. The van der Waals surface area contributed by atoms with Gasteiger partial charge in [0.1, 0.15) is 0 Å². The van der Waals surface area contributed by atoms with Gasteiger partial charge in [0, 0.05) is 12.2 Å². The molecule has 0 aliphatic rings. The van der Waals surface area contributed by atoms with Crippen molar-refractivity contribution in [2.45, 2.75) is 33.6 Å². The molecular weight excluding hydrogens is 232 g/mol. The summed E-state index contributed by atoms with van der Waals surface area (Å²) in [7, 11) is 0. The highest BCUT2D eigenvalue weighted by Crippen LogP contribution is 1.94. The summed E-state index contributed by atoms with van der Waals surface area (Å²) in [5.41, 5.74) is 0. The molecule has 0 unspecified atom stereocenters.